The average Bonchev–Trinajstić information content (AvgIpc) is 3.10. The maximum Gasteiger partial charge on any atom is 0.158 e. The van der Waals surface area contributed by atoms with Gasteiger partial charge >= 0.3 is 0 Å². The molecule has 2 fully saturated rings. The van der Waals surface area contributed by atoms with Gasteiger partial charge in [0.2, 0.25) is 0 Å². The Morgan fingerprint density at radius 2 is 1.90 bits per heavy atom. The molecule has 1 saturated heterocycles. The van der Waals surface area contributed by atoms with Crippen molar-refractivity contribution in [3.63, 3.8) is 0 Å². The minimum absolute atomic E-state index is 0.128. The monoisotopic (exact) mass is 355 g/mol. The maximum atomic E-state index is 13.0. The minimum Gasteiger partial charge on any atom is -0.297 e. The summed E-state index contributed by atoms with van der Waals surface area (Å²) >= 11 is 5.18. The third-order valence-corrected chi connectivity index (χ3v) is 6.57. The van der Waals surface area contributed by atoms with E-state index in [0.29, 0.717) is 12.2 Å². The van der Waals surface area contributed by atoms with E-state index in [1.807, 2.05) is 0 Å². The van der Waals surface area contributed by atoms with E-state index in [4.69, 9.17) is 0 Å². The number of carbonyl (C=O) groups is 1. The van der Waals surface area contributed by atoms with Gasteiger partial charge in [0.25, 0.3) is 0 Å². The summed E-state index contributed by atoms with van der Waals surface area (Å²) in [5, 5.41) is 2.07. The first kappa shape index (κ1) is 14.7. The first-order valence-electron chi connectivity index (χ1n) is 7.72. The van der Waals surface area contributed by atoms with E-state index in [1.54, 1.807) is 11.3 Å². The third-order valence-electron chi connectivity index (χ3n) is 4.87. The SMILES string of the molecule is O=C(Cc1cc(Br)cs1)C1(N2CCCCC2)CCCC1. The van der Waals surface area contributed by atoms with Crippen LogP contribution in [0.4, 0.5) is 0 Å². The number of thiophene rings is 1. The van der Waals surface area contributed by atoms with E-state index >= 15 is 0 Å². The summed E-state index contributed by atoms with van der Waals surface area (Å²) in [6, 6.07) is 2.10. The Hall–Kier alpha value is -0.190. The van der Waals surface area contributed by atoms with Gasteiger partial charge in [0, 0.05) is 21.2 Å². The van der Waals surface area contributed by atoms with Gasteiger partial charge in [-0.25, -0.2) is 0 Å². The molecule has 3 rings (SSSR count). The molecule has 0 radical (unpaired) electrons. The van der Waals surface area contributed by atoms with Crippen LogP contribution in [0, 0.1) is 0 Å². The second-order valence-electron chi connectivity index (χ2n) is 6.12. The molecule has 1 aliphatic carbocycles. The van der Waals surface area contributed by atoms with Crippen molar-refractivity contribution in [2.24, 2.45) is 0 Å². The van der Waals surface area contributed by atoms with Gasteiger partial charge in [-0.05, 0) is 60.8 Å². The van der Waals surface area contributed by atoms with E-state index in [9.17, 15) is 4.79 Å². The predicted molar refractivity (Wildman–Crippen MR) is 87.4 cm³/mol. The highest BCUT2D eigenvalue weighted by Gasteiger charge is 2.45. The molecule has 20 heavy (non-hydrogen) atoms. The van der Waals surface area contributed by atoms with Crippen LogP contribution in [-0.2, 0) is 11.2 Å². The Labute approximate surface area is 133 Å². The number of ketones is 1. The van der Waals surface area contributed by atoms with Crippen molar-refractivity contribution < 1.29 is 4.79 Å². The number of piperidine rings is 1. The zero-order chi connectivity index (χ0) is 14.0. The Kier molecular flexibility index (Phi) is 4.63. The van der Waals surface area contributed by atoms with E-state index in [0.717, 1.165) is 30.4 Å². The zero-order valence-corrected chi connectivity index (χ0v) is 14.3. The molecule has 0 amide bonds. The normalized spacial score (nSPS) is 23.1. The fourth-order valence-corrected chi connectivity index (χ4v) is 5.27. The zero-order valence-electron chi connectivity index (χ0n) is 11.9. The largest absolute Gasteiger partial charge is 0.297 e. The standard InChI is InChI=1S/C16H22BrNOS/c17-13-10-14(20-12-13)11-15(19)16(6-2-3-7-16)18-8-4-1-5-9-18/h10,12H,1-9,11H2. The van der Waals surface area contributed by atoms with Crippen molar-refractivity contribution in [1.82, 2.24) is 4.90 Å². The van der Waals surface area contributed by atoms with Crippen LogP contribution in [0.2, 0.25) is 0 Å². The predicted octanol–water partition coefficient (Wildman–Crippen LogP) is 4.42. The van der Waals surface area contributed by atoms with Crippen LogP contribution >= 0.6 is 27.3 Å². The van der Waals surface area contributed by atoms with Crippen LogP contribution in [0.5, 0.6) is 0 Å². The second kappa shape index (κ2) is 6.29. The molecule has 2 nitrogen and oxygen atoms in total. The molecule has 0 aromatic carbocycles. The van der Waals surface area contributed by atoms with Gasteiger partial charge in [0.1, 0.15) is 0 Å². The fourth-order valence-electron chi connectivity index (χ4n) is 3.82. The maximum absolute atomic E-state index is 13.0. The van der Waals surface area contributed by atoms with Gasteiger partial charge in [-0.1, -0.05) is 19.3 Å². The molecule has 0 N–H and O–H groups in total. The van der Waals surface area contributed by atoms with Gasteiger partial charge in [0.15, 0.2) is 5.78 Å². The van der Waals surface area contributed by atoms with E-state index in [2.05, 4.69) is 32.3 Å². The Morgan fingerprint density at radius 3 is 2.50 bits per heavy atom. The summed E-state index contributed by atoms with van der Waals surface area (Å²) < 4.78 is 1.10. The number of hydrogen-bond donors (Lipinski definition) is 0. The summed E-state index contributed by atoms with van der Waals surface area (Å²) in [6.07, 6.45) is 9.08. The summed E-state index contributed by atoms with van der Waals surface area (Å²) in [6.45, 7) is 2.25. The van der Waals surface area contributed by atoms with Crippen LogP contribution in [0.15, 0.2) is 15.9 Å². The van der Waals surface area contributed by atoms with Crippen LogP contribution in [0.3, 0.4) is 0 Å². The van der Waals surface area contributed by atoms with Gasteiger partial charge < -0.3 is 0 Å². The molecule has 1 aromatic rings. The van der Waals surface area contributed by atoms with E-state index in [1.165, 1.54) is 37.0 Å². The average molecular weight is 356 g/mol. The van der Waals surface area contributed by atoms with Crippen LogP contribution in [0.1, 0.15) is 49.8 Å². The molecule has 0 spiro atoms. The lowest BCUT2D eigenvalue weighted by atomic mass is 9.86. The quantitative estimate of drug-likeness (QED) is 0.796. The number of likely N-dealkylation sites (tertiary alicyclic amines) is 1. The van der Waals surface area contributed by atoms with Crippen molar-refractivity contribution in [1.29, 1.82) is 0 Å². The molecule has 0 unspecified atom stereocenters. The molecular weight excluding hydrogens is 334 g/mol. The Balaban J connectivity index is 1.76. The highest BCUT2D eigenvalue weighted by molar-refractivity contribution is 9.10. The van der Waals surface area contributed by atoms with Gasteiger partial charge in [-0.15, -0.1) is 11.3 Å². The first-order chi connectivity index (χ1) is 9.71. The molecule has 0 atom stereocenters. The van der Waals surface area contributed by atoms with Crippen molar-refractivity contribution in [3.05, 3.63) is 20.8 Å². The molecular formula is C16H22BrNOS. The molecule has 110 valence electrons. The highest BCUT2D eigenvalue weighted by Crippen LogP contribution is 2.39. The molecule has 2 heterocycles. The molecule has 1 aliphatic heterocycles. The van der Waals surface area contributed by atoms with Crippen molar-refractivity contribution in [2.75, 3.05) is 13.1 Å². The minimum atomic E-state index is -0.128. The molecule has 1 aromatic heterocycles. The summed E-state index contributed by atoms with van der Waals surface area (Å²) in [4.78, 5) is 16.7. The smallest absolute Gasteiger partial charge is 0.158 e. The number of hydrogen-bond acceptors (Lipinski definition) is 3. The van der Waals surface area contributed by atoms with Crippen molar-refractivity contribution in [2.45, 2.75) is 56.9 Å². The Morgan fingerprint density at radius 1 is 1.20 bits per heavy atom. The summed E-state index contributed by atoms with van der Waals surface area (Å²) in [5.41, 5.74) is -0.128. The summed E-state index contributed by atoms with van der Waals surface area (Å²) in [7, 11) is 0. The van der Waals surface area contributed by atoms with Crippen LogP contribution in [-0.4, -0.2) is 29.3 Å². The topological polar surface area (TPSA) is 20.3 Å². The lowest BCUT2D eigenvalue weighted by Gasteiger charge is -2.42. The highest BCUT2D eigenvalue weighted by atomic mass is 79.9. The molecule has 1 saturated carbocycles. The molecule has 4 heteroatoms. The number of nitrogens with zero attached hydrogens (tertiary/aromatic N) is 1. The second-order valence-corrected chi connectivity index (χ2v) is 8.03. The fraction of sp³-hybridized carbons (Fsp3) is 0.688. The van der Waals surface area contributed by atoms with Crippen molar-refractivity contribution >= 4 is 33.0 Å². The molecule has 0 bridgehead atoms. The van der Waals surface area contributed by atoms with Gasteiger partial charge in [-0.3, -0.25) is 9.69 Å². The first-order valence-corrected chi connectivity index (χ1v) is 9.39. The number of Topliss-reactive ketones (excluding diaryl/α,β-unsaturated/α-hetero) is 1. The lowest BCUT2D eigenvalue weighted by Crippen LogP contribution is -2.55. The van der Waals surface area contributed by atoms with Gasteiger partial charge in [0.05, 0.1) is 5.54 Å². The van der Waals surface area contributed by atoms with Gasteiger partial charge in [-0.2, -0.15) is 0 Å². The van der Waals surface area contributed by atoms with Crippen LogP contribution < -0.4 is 0 Å². The van der Waals surface area contributed by atoms with E-state index in [-0.39, 0.29) is 5.54 Å². The van der Waals surface area contributed by atoms with Crippen molar-refractivity contribution in [3.8, 4) is 0 Å². The third kappa shape index (κ3) is 2.88. The number of rotatable bonds is 4. The van der Waals surface area contributed by atoms with E-state index < -0.39 is 0 Å². The number of halogens is 1. The lowest BCUT2D eigenvalue weighted by molar-refractivity contribution is -0.131. The Bertz CT molecular complexity index is 473. The van der Waals surface area contributed by atoms with Crippen LogP contribution in [0.25, 0.3) is 0 Å². The molecule has 2 aliphatic rings. The number of carbonyl (C=O) groups excluding carboxylic acids is 1. The summed E-state index contributed by atoms with van der Waals surface area (Å²) in [5.74, 6) is 0.464.